The van der Waals surface area contributed by atoms with E-state index in [-0.39, 0.29) is 29.8 Å². The van der Waals surface area contributed by atoms with Gasteiger partial charge >= 0.3 is 6.09 Å². The fourth-order valence-corrected chi connectivity index (χ4v) is 2.22. The topological polar surface area (TPSA) is 76.7 Å². The molecule has 1 rings (SSSR count). The lowest BCUT2D eigenvalue weighted by molar-refractivity contribution is -0.125. The van der Waals surface area contributed by atoms with Crippen LogP contribution in [0.15, 0.2) is 24.3 Å². The van der Waals surface area contributed by atoms with Crippen LogP contribution in [0.3, 0.4) is 0 Å². The molecule has 7 heteroatoms. The lowest BCUT2D eigenvalue weighted by Crippen LogP contribution is -2.52. The molecule has 1 aromatic carbocycles. The first-order valence-electron chi connectivity index (χ1n) is 8.78. The molecule has 2 amide bonds. The van der Waals surface area contributed by atoms with Crippen molar-refractivity contribution in [3.05, 3.63) is 35.6 Å². The molecule has 0 aliphatic rings. The van der Waals surface area contributed by atoms with Crippen LogP contribution in [0.5, 0.6) is 0 Å². The van der Waals surface area contributed by atoms with E-state index in [9.17, 15) is 14.0 Å². The molecule has 0 heterocycles. The van der Waals surface area contributed by atoms with Gasteiger partial charge < -0.3 is 20.1 Å². The highest BCUT2D eigenvalue weighted by atomic mass is 19.1. The van der Waals surface area contributed by atoms with E-state index in [0.717, 1.165) is 5.56 Å². The summed E-state index contributed by atoms with van der Waals surface area (Å²) in [6.07, 6.45) is -0.876. The molecular formula is C19H29FN2O4. The molecule has 146 valence electrons. The van der Waals surface area contributed by atoms with E-state index < -0.39 is 12.1 Å². The Labute approximate surface area is 154 Å². The molecule has 2 N–H and O–H groups in total. The molecule has 6 nitrogen and oxygen atoms in total. The van der Waals surface area contributed by atoms with Crippen LogP contribution >= 0.6 is 0 Å². The van der Waals surface area contributed by atoms with Gasteiger partial charge in [0.25, 0.3) is 0 Å². The number of benzene rings is 1. The Bertz CT molecular complexity index is 575. The highest BCUT2D eigenvalue weighted by Crippen LogP contribution is 2.06. The minimum absolute atomic E-state index is 0.0953. The van der Waals surface area contributed by atoms with Gasteiger partial charge in [-0.05, 0) is 44.4 Å². The largest absolute Gasteiger partial charge is 0.447 e. The van der Waals surface area contributed by atoms with E-state index >= 15 is 0 Å². The molecule has 2 atom stereocenters. The predicted molar refractivity (Wildman–Crippen MR) is 97.0 cm³/mol. The van der Waals surface area contributed by atoms with Gasteiger partial charge in [0.15, 0.2) is 0 Å². The highest BCUT2D eigenvalue weighted by molar-refractivity contribution is 5.86. The van der Waals surface area contributed by atoms with Crippen LogP contribution in [-0.2, 0) is 20.9 Å². The number of rotatable bonds is 9. The van der Waals surface area contributed by atoms with Crippen molar-refractivity contribution in [3.8, 4) is 0 Å². The minimum atomic E-state index is -0.694. The standard InChI is InChI=1S/C19H29FN2O4/c1-12(2)17(22-19(24)26-13(3)4)18(23)21-14(5)10-25-11-15-6-8-16(20)9-7-15/h6-9,12-14,17H,10-11H2,1-5H3,(H,21,23)(H,22,24). The second kappa shape index (κ2) is 10.8. The van der Waals surface area contributed by atoms with Crippen molar-refractivity contribution in [1.82, 2.24) is 10.6 Å². The molecule has 0 aliphatic carbocycles. The second-order valence-electron chi connectivity index (χ2n) is 6.87. The monoisotopic (exact) mass is 368 g/mol. The lowest BCUT2D eigenvalue weighted by atomic mass is 10.0. The normalized spacial score (nSPS) is 13.4. The van der Waals surface area contributed by atoms with Crippen molar-refractivity contribution in [2.75, 3.05) is 6.61 Å². The van der Waals surface area contributed by atoms with E-state index in [1.807, 2.05) is 20.8 Å². The van der Waals surface area contributed by atoms with Crippen LogP contribution in [-0.4, -0.2) is 36.8 Å². The number of carbonyl (C=O) groups is 2. The quantitative estimate of drug-likeness (QED) is 0.702. The summed E-state index contributed by atoms with van der Waals surface area (Å²) in [7, 11) is 0. The smallest absolute Gasteiger partial charge is 0.408 e. The lowest BCUT2D eigenvalue weighted by Gasteiger charge is -2.24. The third-order valence-electron chi connectivity index (χ3n) is 3.50. The number of ether oxygens (including phenoxy) is 2. The van der Waals surface area contributed by atoms with E-state index in [4.69, 9.17) is 9.47 Å². The van der Waals surface area contributed by atoms with Crippen molar-refractivity contribution in [3.63, 3.8) is 0 Å². The fourth-order valence-electron chi connectivity index (χ4n) is 2.22. The maximum atomic E-state index is 12.9. The second-order valence-corrected chi connectivity index (χ2v) is 6.87. The molecule has 2 unspecified atom stereocenters. The Morgan fingerprint density at radius 3 is 2.19 bits per heavy atom. The SMILES string of the molecule is CC(COCc1ccc(F)cc1)NC(=O)C(NC(=O)OC(C)C)C(C)C. The van der Waals surface area contributed by atoms with Crippen LogP contribution < -0.4 is 10.6 Å². The predicted octanol–water partition coefficient (Wildman–Crippen LogP) is 3.01. The van der Waals surface area contributed by atoms with E-state index in [2.05, 4.69) is 10.6 Å². The number of hydrogen-bond acceptors (Lipinski definition) is 4. The molecule has 0 aromatic heterocycles. The van der Waals surface area contributed by atoms with E-state index in [1.54, 1.807) is 26.0 Å². The van der Waals surface area contributed by atoms with Crippen molar-refractivity contribution >= 4 is 12.0 Å². The van der Waals surface area contributed by atoms with Gasteiger partial charge in [-0.25, -0.2) is 9.18 Å². The van der Waals surface area contributed by atoms with Gasteiger partial charge in [0.05, 0.1) is 19.3 Å². The van der Waals surface area contributed by atoms with Gasteiger partial charge in [0, 0.05) is 6.04 Å². The first kappa shape index (κ1) is 21.9. The van der Waals surface area contributed by atoms with Crippen LogP contribution in [0.25, 0.3) is 0 Å². The minimum Gasteiger partial charge on any atom is -0.447 e. The molecule has 0 aliphatic heterocycles. The number of hydrogen-bond donors (Lipinski definition) is 2. The third-order valence-corrected chi connectivity index (χ3v) is 3.50. The summed E-state index contributed by atoms with van der Waals surface area (Å²) >= 11 is 0. The van der Waals surface area contributed by atoms with Crippen LogP contribution in [0.1, 0.15) is 40.2 Å². The molecular weight excluding hydrogens is 339 g/mol. The molecule has 0 radical (unpaired) electrons. The number of nitrogens with one attached hydrogen (secondary N) is 2. The van der Waals surface area contributed by atoms with E-state index in [0.29, 0.717) is 13.2 Å². The zero-order valence-electron chi connectivity index (χ0n) is 16.0. The summed E-state index contributed by atoms with van der Waals surface area (Å²) in [4.78, 5) is 24.2. The molecule has 0 spiro atoms. The summed E-state index contributed by atoms with van der Waals surface area (Å²) in [5.74, 6) is -0.682. The molecule has 1 aromatic rings. The molecule has 26 heavy (non-hydrogen) atoms. The number of alkyl carbamates (subject to hydrolysis) is 1. The zero-order valence-corrected chi connectivity index (χ0v) is 16.0. The maximum absolute atomic E-state index is 12.9. The number of amides is 2. The molecule has 0 bridgehead atoms. The molecule has 0 saturated carbocycles. The van der Waals surface area contributed by atoms with Crippen molar-refractivity contribution in [1.29, 1.82) is 0 Å². The van der Waals surface area contributed by atoms with Crippen molar-refractivity contribution in [2.24, 2.45) is 5.92 Å². The Balaban J connectivity index is 2.43. The van der Waals surface area contributed by atoms with E-state index in [1.165, 1.54) is 12.1 Å². The zero-order chi connectivity index (χ0) is 19.7. The average molecular weight is 368 g/mol. The average Bonchev–Trinajstić information content (AvgIpc) is 2.53. The summed E-state index contributed by atoms with van der Waals surface area (Å²) in [5.41, 5.74) is 0.850. The number of carbonyl (C=O) groups excluding carboxylic acids is 2. The van der Waals surface area contributed by atoms with Gasteiger partial charge in [-0.3, -0.25) is 4.79 Å². The Morgan fingerprint density at radius 2 is 1.65 bits per heavy atom. The summed E-state index contributed by atoms with van der Waals surface area (Å²) in [6, 6.07) is 5.11. The fraction of sp³-hybridized carbons (Fsp3) is 0.579. The van der Waals surface area contributed by atoms with Crippen LogP contribution in [0.2, 0.25) is 0 Å². The van der Waals surface area contributed by atoms with Crippen LogP contribution in [0.4, 0.5) is 9.18 Å². The van der Waals surface area contributed by atoms with Gasteiger partial charge in [-0.1, -0.05) is 26.0 Å². The molecule has 0 saturated heterocycles. The Hall–Kier alpha value is -2.15. The van der Waals surface area contributed by atoms with Gasteiger partial charge in [-0.15, -0.1) is 0 Å². The first-order chi connectivity index (χ1) is 12.2. The molecule has 0 fully saturated rings. The summed E-state index contributed by atoms with van der Waals surface area (Å²) in [6.45, 7) is 9.60. The van der Waals surface area contributed by atoms with Crippen LogP contribution in [0, 0.1) is 11.7 Å². The number of halogens is 1. The summed E-state index contributed by atoms with van der Waals surface area (Å²) in [5, 5.41) is 5.41. The maximum Gasteiger partial charge on any atom is 0.408 e. The van der Waals surface area contributed by atoms with Gasteiger partial charge in [0.1, 0.15) is 11.9 Å². The third kappa shape index (κ3) is 8.29. The van der Waals surface area contributed by atoms with Gasteiger partial charge in [-0.2, -0.15) is 0 Å². The Kier molecular flexibility index (Phi) is 9.05. The van der Waals surface area contributed by atoms with Gasteiger partial charge in [0.2, 0.25) is 5.91 Å². The first-order valence-corrected chi connectivity index (χ1v) is 8.78. The van der Waals surface area contributed by atoms with Crippen molar-refractivity contribution < 1.29 is 23.5 Å². The Morgan fingerprint density at radius 1 is 1.04 bits per heavy atom. The van der Waals surface area contributed by atoms with Crippen molar-refractivity contribution in [2.45, 2.75) is 59.4 Å². The summed E-state index contributed by atoms with van der Waals surface area (Å²) < 4.78 is 23.4. The highest BCUT2D eigenvalue weighted by Gasteiger charge is 2.26.